The Balaban J connectivity index is 3.88. The fourth-order valence-electron chi connectivity index (χ4n) is 0.598. The van der Waals surface area contributed by atoms with Gasteiger partial charge in [-0.2, -0.15) is 5.26 Å². The summed E-state index contributed by atoms with van der Waals surface area (Å²) in [5.41, 5.74) is 0. The van der Waals surface area contributed by atoms with Crippen molar-refractivity contribution in [3.63, 3.8) is 0 Å². The number of rotatable bonds is 4. The van der Waals surface area contributed by atoms with E-state index in [2.05, 4.69) is 4.89 Å². The highest BCUT2D eigenvalue weighted by Gasteiger charge is 2.34. The third kappa shape index (κ3) is 3.31. The molecule has 0 aromatic heterocycles. The normalized spacial score (nSPS) is 11.3. The molecule has 0 amide bonds. The van der Waals surface area contributed by atoms with Crippen molar-refractivity contribution in [1.29, 1.82) is 0 Å². The molecule has 0 aromatic carbocycles. The molecule has 0 saturated carbocycles. The smallest absolute Gasteiger partial charge is 0.357 e. The summed E-state index contributed by atoms with van der Waals surface area (Å²) in [6.45, 7) is 1.83. The predicted octanol–water partition coefficient (Wildman–Crippen LogP) is -0.126. The van der Waals surface area contributed by atoms with Gasteiger partial charge in [-0.05, 0) is 6.42 Å². The largest absolute Gasteiger partial charge is 0.400 e. The van der Waals surface area contributed by atoms with Crippen LogP contribution >= 0.6 is 0 Å². The first kappa shape index (κ1) is 10.3. The molecule has 5 nitrogen and oxygen atoms in total. The summed E-state index contributed by atoms with van der Waals surface area (Å²) in [6, 6.07) is 0. The third-order valence-electron chi connectivity index (χ3n) is 1.29. The molecule has 0 aromatic rings. The second kappa shape index (κ2) is 4.27. The van der Waals surface area contributed by atoms with Crippen LogP contribution in [0, 0.1) is 0 Å². The van der Waals surface area contributed by atoms with Gasteiger partial charge in [-0.15, -0.1) is 0 Å². The lowest BCUT2D eigenvalue weighted by Crippen LogP contribution is -2.39. The average Bonchev–Trinajstić information content (AvgIpc) is 1.99. The van der Waals surface area contributed by atoms with Crippen molar-refractivity contribution in [3.8, 4) is 0 Å². The Morgan fingerprint density at radius 2 is 2.09 bits per heavy atom. The van der Waals surface area contributed by atoms with Crippen LogP contribution in [0.25, 0.3) is 0 Å². The molecule has 0 fully saturated rings. The lowest BCUT2D eigenvalue weighted by Gasteiger charge is -2.15. The van der Waals surface area contributed by atoms with Gasteiger partial charge < -0.3 is 10.2 Å². The Hall–Kier alpha value is -0.650. The Kier molecular flexibility index (Phi) is 4.02. The molecule has 5 heteroatoms. The average molecular weight is 164 g/mol. The zero-order valence-corrected chi connectivity index (χ0v) is 6.28. The molecule has 0 aliphatic rings. The van der Waals surface area contributed by atoms with Crippen molar-refractivity contribution in [2.75, 3.05) is 0 Å². The number of hydrogen-bond acceptors (Lipinski definition) is 5. The highest BCUT2D eigenvalue weighted by molar-refractivity contribution is 5.76. The fraction of sp³-hybridized carbons (Fsp3) is 0.833. The van der Waals surface area contributed by atoms with Crippen molar-refractivity contribution >= 4 is 5.97 Å². The molecule has 66 valence electrons. The predicted molar refractivity (Wildman–Crippen MR) is 35.4 cm³/mol. The second-order valence-corrected chi connectivity index (χ2v) is 2.30. The molecule has 0 saturated heterocycles. The summed E-state index contributed by atoms with van der Waals surface area (Å²) < 4.78 is 0. The lowest BCUT2D eigenvalue weighted by molar-refractivity contribution is -0.278. The van der Waals surface area contributed by atoms with Crippen molar-refractivity contribution in [3.05, 3.63) is 0 Å². The van der Waals surface area contributed by atoms with Gasteiger partial charge in [0, 0.05) is 6.42 Å². The summed E-state index contributed by atoms with van der Waals surface area (Å²) in [5, 5.41) is 25.5. The van der Waals surface area contributed by atoms with Crippen LogP contribution in [0.2, 0.25) is 0 Å². The molecule has 0 aliphatic carbocycles. The van der Waals surface area contributed by atoms with Gasteiger partial charge in [0.25, 0.3) is 5.79 Å². The molecule has 0 spiro atoms. The van der Waals surface area contributed by atoms with E-state index in [9.17, 15) is 4.79 Å². The number of carbonyl (C=O) groups excluding carboxylic acids is 1. The maximum Gasteiger partial charge on any atom is 0.400 e. The highest BCUT2D eigenvalue weighted by atomic mass is 17.1. The summed E-state index contributed by atoms with van der Waals surface area (Å²) in [5.74, 6) is -3.99. The zero-order chi connectivity index (χ0) is 8.91. The molecular formula is C6H12O5. The fourth-order valence-corrected chi connectivity index (χ4v) is 0.598. The van der Waals surface area contributed by atoms with Crippen LogP contribution in [0.1, 0.15) is 26.2 Å². The first-order chi connectivity index (χ1) is 5.04. The van der Waals surface area contributed by atoms with Crippen LogP contribution in [-0.2, 0) is 9.68 Å². The molecule has 0 rings (SSSR count). The second-order valence-electron chi connectivity index (χ2n) is 2.30. The molecular weight excluding hydrogens is 152 g/mol. The third-order valence-corrected chi connectivity index (χ3v) is 1.29. The van der Waals surface area contributed by atoms with E-state index in [0.717, 1.165) is 6.42 Å². The van der Waals surface area contributed by atoms with E-state index in [-0.39, 0.29) is 6.42 Å². The van der Waals surface area contributed by atoms with Crippen molar-refractivity contribution < 1.29 is 25.2 Å². The summed E-state index contributed by atoms with van der Waals surface area (Å²) in [7, 11) is 0. The summed E-state index contributed by atoms with van der Waals surface area (Å²) in [4.78, 5) is 13.5. The van der Waals surface area contributed by atoms with Gasteiger partial charge >= 0.3 is 5.97 Å². The number of hydrogen-bond donors (Lipinski definition) is 3. The Morgan fingerprint density at radius 3 is 2.45 bits per heavy atom. The van der Waals surface area contributed by atoms with Gasteiger partial charge in [-0.1, -0.05) is 13.3 Å². The molecule has 3 N–H and O–H groups in total. The lowest BCUT2D eigenvalue weighted by atomic mass is 10.1. The van der Waals surface area contributed by atoms with E-state index in [0.29, 0.717) is 6.42 Å². The van der Waals surface area contributed by atoms with Gasteiger partial charge in [0.1, 0.15) is 0 Å². The van der Waals surface area contributed by atoms with Crippen molar-refractivity contribution in [2.24, 2.45) is 0 Å². The van der Waals surface area contributed by atoms with Gasteiger partial charge in [-0.25, -0.2) is 4.79 Å². The summed E-state index contributed by atoms with van der Waals surface area (Å²) >= 11 is 0. The van der Waals surface area contributed by atoms with Gasteiger partial charge in [-0.3, -0.25) is 4.89 Å². The number of aliphatic hydroxyl groups is 2. The van der Waals surface area contributed by atoms with E-state index in [4.69, 9.17) is 15.5 Å². The molecule has 0 unspecified atom stereocenters. The van der Waals surface area contributed by atoms with E-state index in [1.54, 1.807) is 0 Å². The topological polar surface area (TPSA) is 87.0 Å². The number of unbranched alkanes of at least 4 members (excludes halogenated alkanes) is 1. The monoisotopic (exact) mass is 164 g/mol. The standard InChI is InChI=1S/C6H12O5/c1-2-3-4-6(8,9)5(7)11-10/h8-10H,2-4H2,1H3. The molecule has 0 atom stereocenters. The van der Waals surface area contributed by atoms with Crippen LogP contribution in [0.4, 0.5) is 0 Å². The molecule has 0 aliphatic heterocycles. The molecule has 0 bridgehead atoms. The van der Waals surface area contributed by atoms with E-state index in [1.165, 1.54) is 0 Å². The first-order valence-corrected chi connectivity index (χ1v) is 3.35. The van der Waals surface area contributed by atoms with E-state index < -0.39 is 11.8 Å². The van der Waals surface area contributed by atoms with Crippen LogP contribution in [0.5, 0.6) is 0 Å². The van der Waals surface area contributed by atoms with Crippen LogP contribution in [-0.4, -0.2) is 27.2 Å². The van der Waals surface area contributed by atoms with E-state index in [1.807, 2.05) is 6.92 Å². The van der Waals surface area contributed by atoms with Crippen molar-refractivity contribution in [2.45, 2.75) is 32.0 Å². The van der Waals surface area contributed by atoms with Crippen molar-refractivity contribution in [1.82, 2.24) is 0 Å². The Bertz CT molecular complexity index is 131. The van der Waals surface area contributed by atoms with Crippen LogP contribution < -0.4 is 0 Å². The van der Waals surface area contributed by atoms with Gasteiger partial charge in [0.05, 0.1) is 0 Å². The minimum Gasteiger partial charge on any atom is -0.357 e. The SMILES string of the molecule is CCCCC(O)(O)C(=O)OO. The van der Waals surface area contributed by atoms with Gasteiger partial charge in [0.2, 0.25) is 0 Å². The summed E-state index contributed by atoms with van der Waals surface area (Å²) in [6.07, 6.45) is 1.06. The quantitative estimate of drug-likeness (QED) is 0.306. The Labute approximate surface area is 64.2 Å². The minimum atomic E-state index is -2.55. The molecule has 11 heavy (non-hydrogen) atoms. The molecule has 0 heterocycles. The van der Waals surface area contributed by atoms with E-state index >= 15 is 0 Å². The van der Waals surface area contributed by atoms with Gasteiger partial charge in [0.15, 0.2) is 0 Å². The maximum atomic E-state index is 10.4. The zero-order valence-electron chi connectivity index (χ0n) is 6.28. The first-order valence-electron chi connectivity index (χ1n) is 3.35. The van der Waals surface area contributed by atoms with Crippen LogP contribution in [0.3, 0.4) is 0 Å². The highest BCUT2D eigenvalue weighted by Crippen LogP contribution is 2.11. The minimum absolute atomic E-state index is 0.136. The molecule has 0 radical (unpaired) electrons. The number of carbonyl (C=O) groups is 1. The Morgan fingerprint density at radius 1 is 1.55 bits per heavy atom. The van der Waals surface area contributed by atoms with Crippen LogP contribution in [0.15, 0.2) is 0 Å². The maximum absolute atomic E-state index is 10.4.